The lowest BCUT2D eigenvalue weighted by molar-refractivity contribution is -0.360. The summed E-state index contributed by atoms with van der Waals surface area (Å²) in [4.78, 5) is 28.5. The van der Waals surface area contributed by atoms with Gasteiger partial charge in [-0.05, 0) is 62.7 Å². The Hall–Kier alpha value is -5.76. The van der Waals surface area contributed by atoms with Crippen molar-refractivity contribution in [2.75, 3.05) is 13.7 Å². The van der Waals surface area contributed by atoms with Gasteiger partial charge in [-0.2, -0.15) is 0 Å². The van der Waals surface area contributed by atoms with Gasteiger partial charge in [0, 0.05) is 23.8 Å². The van der Waals surface area contributed by atoms with Gasteiger partial charge in [0.25, 0.3) is 0 Å². The molecule has 75 heavy (non-hydrogen) atoms. The lowest BCUT2D eigenvalue weighted by Gasteiger charge is -2.47. The number of methoxy groups -OCH3 is 1. The number of carbonyl (C=O) groups excluding carboxylic acids is 1. The molecule has 0 spiro atoms. The predicted octanol–water partition coefficient (Wildman–Crippen LogP) is -2.06. The zero-order chi connectivity index (χ0) is 54.3. The van der Waals surface area contributed by atoms with E-state index in [1.54, 1.807) is 0 Å². The van der Waals surface area contributed by atoms with Gasteiger partial charge in [-0.15, -0.1) is 0 Å². The summed E-state index contributed by atoms with van der Waals surface area (Å²) in [5, 5.41) is 139. The standard InChI is InChI=1S/C49H58O26/c1-17-31(54)35(58)38(61)46(67-17)66-16-28-43(73-29(53)12-7-20-5-9-22(50)10-6-20)41(64)45(75-48-40(63)37(60)33(56)19(3)69-48)49(72-28)74-44-34(57)30-25(52)14-23(70-47-39(62)36(59)32(55)18(2)68-47)15-27(30)71-42(44)21-8-11-24(51)26(13-21)65-4/h5-15,17-19,28,31-33,35-41,43,45-52,54-56,58-64H,16H2,1-4H3/t17-,18-,19-,28-,31-,32-,33-,35+,36+,37+,38+,39+,40+,41+,43+,45-,46+,47-,48+,49+/m1/s1. The van der Waals surface area contributed by atoms with Crippen molar-refractivity contribution in [2.45, 2.75) is 144 Å². The zero-order valence-electron chi connectivity index (χ0n) is 40.2. The van der Waals surface area contributed by atoms with Crippen LogP contribution in [0.4, 0.5) is 0 Å². The van der Waals surface area contributed by atoms with E-state index in [4.69, 9.17) is 51.8 Å². The molecular formula is C49H58O26. The molecule has 4 aliphatic heterocycles. The van der Waals surface area contributed by atoms with Crippen LogP contribution in [-0.4, -0.2) is 209 Å². The van der Waals surface area contributed by atoms with Gasteiger partial charge in [0.15, 0.2) is 42.0 Å². The predicted molar refractivity (Wildman–Crippen MR) is 249 cm³/mol. The van der Waals surface area contributed by atoms with Crippen molar-refractivity contribution in [1.29, 1.82) is 0 Å². The number of benzene rings is 3. The Morgan fingerprint density at radius 3 is 1.83 bits per heavy atom. The number of fused-ring (bicyclic) bond motifs is 1. The average molecular weight is 1060 g/mol. The van der Waals surface area contributed by atoms with E-state index in [0.29, 0.717) is 5.56 Å². The molecular weight excluding hydrogens is 1000 g/mol. The first-order valence-corrected chi connectivity index (χ1v) is 23.5. The molecule has 4 fully saturated rings. The number of hydrogen-bond donors (Lipinski definition) is 13. The van der Waals surface area contributed by atoms with Gasteiger partial charge in [-0.1, -0.05) is 12.1 Å². The Morgan fingerprint density at radius 1 is 0.613 bits per heavy atom. The molecule has 5 heterocycles. The molecule has 410 valence electrons. The van der Waals surface area contributed by atoms with Gasteiger partial charge < -0.3 is 118 Å². The molecule has 0 amide bonds. The summed E-state index contributed by atoms with van der Waals surface area (Å²) in [5.41, 5.74) is -1.21. The van der Waals surface area contributed by atoms with E-state index in [1.165, 1.54) is 70.4 Å². The highest BCUT2D eigenvalue weighted by atomic mass is 16.8. The first-order chi connectivity index (χ1) is 35.6. The van der Waals surface area contributed by atoms with Crippen molar-refractivity contribution in [3.05, 3.63) is 76.5 Å². The van der Waals surface area contributed by atoms with Gasteiger partial charge in [0.2, 0.25) is 23.8 Å². The quantitative estimate of drug-likeness (QED) is 0.0477. The summed E-state index contributed by atoms with van der Waals surface area (Å²) in [6, 6.07) is 11.3. The third-order valence-electron chi connectivity index (χ3n) is 13.1. The maximum absolute atomic E-state index is 14.9. The second-order valence-corrected chi connectivity index (χ2v) is 18.4. The summed E-state index contributed by atoms with van der Waals surface area (Å²) < 4.78 is 64.5. The number of carbonyl (C=O) groups is 1. The normalized spacial score (nSPS) is 36.3. The molecule has 8 rings (SSSR count). The van der Waals surface area contributed by atoms with Gasteiger partial charge >= 0.3 is 5.97 Å². The van der Waals surface area contributed by atoms with Gasteiger partial charge in [0.05, 0.1) is 32.0 Å². The van der Waals surface area contributed by atoms with Crippen LogP contribution in [0.5, 0.6) is 34.5 Å². The first-order valence-electron chi connectivity index (χ1n) is 23.5. The number of phenols is 3. The number of phenolic OH excluding ortho intramolecular Hbond substituents is 3. The van der Waals surface area contributed by atoms with Crippen molar-refractivity contribution in [2.24, 2.45) is 0 Å². The number of aliphatic hydroxyl groups is 10. The number of aliphatic hydroxyl groups excluding tert-OH is 10. The molecule has 4 aromatic rings. The molecule has 4 aliphatic rings. The number of hydrogen-bond acceptors (Lipinski definition) is 26. The number of aromatic hydroxyl groups is 3. The number of esters is 1. The van der Waals surface area contributed by atoms with Crippen LogP contribution >= 0.6 is 0 Å². The summed E-state index contributed by atoms with van der Waals surface area (Å²) in [5.74, 6) is -4.11. The van der Waals surface area contributed by atoms with E-state index >= 15 is 0 Å². The molecule has 0 saturated carbocycles. The molecule has 3 aromatic carbocycles. The molecule has 0 bridgehead atoms. The second kappa shape index (κ2) is 22.8. The molecule has 26 heteroatoms. The van der Waals surface area contributed by atoms with Crippen LogP contribution in [0.25, 0.3) is 28.4 Å². The van der Waals surface area contributed by atoms with Crippen LogP contribution in [0.3, 0.4) is 0 Å². The van der Waals surface area contributed by atoms with Crippen LogP contribution in [0.15, 0.2) is 69.9 Å². The topological polar surface area (TPSA) is 403 Å². The molecule has 26 nitrogen and oxygen atoms in total. The smallest absolute Gasteiger partial charge is 0.331 e. The first kappa shape index (κ1) is 55.5. The van der Waals surface area contributed by atoms with Crippen LogP contribution in [-0.2, 0) is 38.0 Å². The molecule has 0 unspecified atom stereocenters. The highest BCUT2D eigenvalue weighted by Gasteiger charge is 2.54. The van der Waals surface area contributed by atoms with E-state index in [0.717, 1.165) is 24.3 Å². The minimum absolute atomic E-state index is 0.0577. The lowest BCUT2D eigenvalue weighted by Crippen LogP contribution is -2.65. The fourth-order valence-electron chi connectivity index (χ4n) is 8.76. The lowest BCUT2D eigenvalue weighted by atomic mass is 9.97. The van der Waals surface area contributed by atoms with Crippen LogP contribution < -0.4 is 19.6 Å². The van der Waals surface area contributed by atoms with E-state index in [1.807, 2.05) is 0 Å². The number of ether oxygens (including phenoxy) is 10. The maximum Gasteiger partial charge on any atom is 0.331 e. The fraction of sp³-hybridized carbons (Fsp3) is 0.510. The molecule has 13 N–H and O–H groups in total. The average Bonchev–Trinajstić information content (AvgIpc) is 3.38. The van der Waals surface area contributed by atoms with Crippen LogP contribution in [0, 0.1) is 0 Å². The highest BCUT2D eigenvalue weighted by Crippen LogP contribution is 2.42. The van der Waals surface area contributed by atoms with Gasteiger partial charge in [0.1, 0.15) is 95.4 Å². The minimum atomic E-state index is -2.18. The Balaban J connectivity index is 1.23. The SMILES string of the molecule is COc1cc(-c2oc3cc(O[C@H]4O[C@H](C)[C@@H](O)[C@H](O)[C@@H]4O)cc(O)c3c(=O)c2O[C@@H]2O[C@H](CO[C@H]3O[C@H](C)[C@@H](O)[C@H](O)[C@@H]3O)[C@H](OC(=O)C=Cc3ccc(O)cc3)[C@H](O)[C@H]2O[C@@H]2O[C@H](C)[C@@H](O)[C@H](O)[C@@H]2O)ccc1O. The third-order valence-corrected chi connectivity index (χ3v) is 13.1. The van der Waals surface area contributed by atoms with Crippen LogP contribution in [0.2, 0.25) is 0 Å². The van der Waals surface area contributed by atoms with Crippen molar-refractivity contribution < 1.29 is 123 Å². The summed E-state index contributed by atoms with van der Waals surface area (Å²) >= 11 is 0. The van der Waals surface area contributed by atoms with E-state index in [9.17, 15) is 76.0 Å². The molecule has 20 atom stereocenters. The van der Waals surface area contributed by atoms with E-state index < -0.39 is 169 Å². The largest absolute Gasteiger partial charge is 0.508 e. The molecule has 0 radical (unpaired) electrons. The Morgan fingerprint density at radius 2 is 1.20 bits per heavy atom. The van der Waals surface area contributed by atoms with Crippen molar-refractivity contribution in [1.82, 2.24) is 0 Å². The van der Waals surface area contributed by atoms with Gasteiger partial charge in [-0.3, -0.25) is 4.79 Å². The molecule has 4 saturated heterocycles. The fourth-order valence-corrected chi connectivity index (χ4v) is 8.76. The van der Waals surface area contributed by atoms with Crippen molar-refractivity contribution >= 4 is 23.0 Å². The van der Waals surface area contributed by atoms with Crippen molar-refractivity contribution in [3.8, 4) is 45.8 Å². The molecule has 0 aliphatic carbocycles. The maximum atomic E-state index is 14.9. The molecule has 1 aromatic heterocycles. The number of rotatable bonds is 14. The Kier molecular flexibility index (Phi) is 16.9. The Labute approximate surface area is 424 Å². The summed E-state index contributed by atoms with van der Waals surface area (Å²) in [7, 11) is 1.22. The summed E-state index contributed by atoms with van der Waals surface area (Å²) in [6.45, 7) is 3.30. The van der Waals surface area contributed by atoms with Crippen LogP contribution in [0.1, 0.15) is 26.3 Å². The second-order valence-electron chi connectivity index (χ2n) is 18.4. The van der Waals surface area contributed by atoms with Crippen molar-refractivity contribution in [3.63, 3.8) is 0 Å². The van der Waals surface area contributed by atoms with E-state index in [-0.39, 0.29) is 28.6 Å². The van der Waals surface area contributed by atoms with Gasteiger partial charge in [-0.25, -0.2) is 4.79 Å². The minimum Gasteiger partial charge on any atom is -0.508 e. The zero-order valence-corrected chi connectivity index (χ0v) is 40.2. The third kappa shape index (κ3) is 11.5. The van der Waals surface area contributed by atoms with E-state index in [2.05, 4.69) is 0 Å². The highest BCUT2D eigenvalue weighted by molar-refractivity contribution is 5.89. The monoisotopic (exact) mass is 1060 g/mol. The Bertz CT molecular complexity index is 2710. The summed E-state index contributed by atoms with van der Waals surface area (Å²) in [6.07, 6.45) is -32.1.